The fourth-order valence-corrected chi connectivity index (χ4v) is 1.91. The minimum absolute atomic E-state index is 0.322. The molecule has 2 heteroatoms. The number of hydrogen-bond acceptors (Lipinski definition) is 1. The highest BCUT2D eigenvalue weighted by atomic mass is 79.9. The molecule has 0 N–H and O–H groups in total. The van der Waals surface area contributed by atoms with Gasteiger partial charge >= 0.3 is 0 Å². The number of rotatable bonds is 1. The van der Waals surface area contributed by atoms with E-state index in [0.717, 1.165) is 11.1 Å². The largest absolute Gasteiger partial charge is 0.373 e. The summed E-state index contributed by atoms with van der Waals surface area (Å²) < 4.78 is 6.59. The maximum Gasteiger partial charge on any atom is 0.0872 e. The second kappa shape index (κ2) is 3.19. The Balaban J connectivity index is 2.22. The number of benzene rings is 1. The van der Waals surface area contributed by atoms with Crippen LogP contribution in [0.4, 0.5) is 0 Å². The molecule has 0 spiro atoms. The van der Waals surface area contributed by atoms with Crippen molar-refractivity contribution in [3.63, 3.8) is 0 Å². The van der Waals surface area contributed by atoms with Crippen molar-refractivity contribution < 1.29 is 4.74 Å². The SMILES string of the molecule is CC1COC1c1cccc(Br)c1. The van der Waals surface area contributed by atoms with Crippen LogP contribution in [0.25, 0.3) is 0 Å². The zero-order valence-corrected chi connectivity index (χ0v) is 8.54. The van der Waals surface area contributed by atoms with Crippen molar-refractivity contribution in [2.24, 2.45) is 5.92 Å². The van der Waals surface area contributed by atoms with Crippen molar-refractivity contribution in [1.82, 2.24) is 0 Å². The van der Waals surface area contributed by atoms with E-state index >= 15 is 0 Å². The first kappa shape index (κ1) is 8.27. The highest BCUT2D eigenvalue weighted by Crippen LogP contribution is 2.35. The summed E-state index contributed by atoms with van der Waals surface area (Å²) in [6.07, 6.45) is 0.322. The van der Waals surface area contributed by atoms with E-state index in [1.54, 1.807) is 0 Å². The van der Waals surface area contributed by atoms with E-state index < -0.39 is 0 Å². The summed E-state index contributed by atoms with van der Waals surface area (Å²) >= 11 is 3.45. The molecule has 2 atom stereocenters. The molecule has 1 heterocycles. The first-order valence-electron chi connectivity index (χ1n) is 4.14. The zero-order chi connectivity index (χ0) is 8.55. The van der Waals surface area contributed by atoms with Gasteiger partial charge in [-0.25, -0.2) is 0 Å². The summed E-state index contributed by atoms with van der Waals surface area (Å²) in [4.78, 5) is 0. The molecular formula is C10H11BrO. The van der Waals surface area contributed by atoms with Gasteiger partial charge in [0.2, 0.25) is 0 Å². The Morgan fingerprint density at radius 1 is 1.50 bits per heavy atom. The van der Waals surface area contributed by atoms with Crippen molar-refractivity contribution in [3.8, 4) is 0 Å². The third kappa shape index (κ3) is 1.41. The van der Waals surface area contributed by atoms with Crippen LogP contribution in [-0.4, -0.2) is 6.61 Å². The van der Waals surface area contributed by atoms with Gasteiger partial charge in [-0.2, -0.15) is 0 Å². The molecule has 1 aromatic rings. The smallest absolute Gasteiger partial charge is 0.0872 e. The van der Waals surface area contributed by atoms with E-state index in [-0.39, 0.29) is 0 Å². The lowest BCUT2D eigenvalue weighted by atomic mass is 9.93. The Kier molecular flexibility index (Phi) is 2.20. The molecule has 0 radical (unpaired) electrons. The van der Waals surface area contributed by atoms with E-state index in [0.29, 0.717) is 12.0 Å². The van der Waals surface area contributed by atoms with Crippen LogP contribution in [0, 0.1) is 5.92 Å². The normalized spacial score (nSPS) is 28.2. The monoisotopic (exact) mass is 226 g/mol. The van der Waals surface area contributed by atoms with Crippen LogP contribution in [0.2, 0.25) is 0 Å². The molecule has 2 unspecified atom stereocenters. The van der Waals surface area contributed by atoms with Gasteiger partial charge in [0.15, 0.2) is 0 Å². The molecule has 1 aliphatic rings. The van der Waals surface area contributed by atoms with Gasteiger partial charge in [-0.05, 0) is 17.7 Å². The van der Waals surface area contributed by atoms with Crippen LogP contribution in [0.5, 0.6) is 0 Å². The standard InChI is InChI=1S/C10H11BrO/c1-7-6-12-10(7)8-3-2-4-9(11)5-8/h2-5,7,10H,6H2,1H3. The van der Waals surface area contributed by atoms with Gasteiger partial charge in [0, 0.05) is 10.4 Å². The summed E-state index contributed by atoms with van der Waals surface area (Å²) in [6, 6.07) is 8.33. The average molecular weight is 227 g/mol. The molecule has 1 fully saturated rings. The molecule has 1 aromatic carbocycles. The molecule has 0 bridgehead atoms. The Bertz CT molecular complexity index is 285. The lowest BCUT2D eigenvalue weighted by Crippen LogP contribution is -2.29. The zero-order valence-electron chi connectivity index (χ0n) is 6.96. The third-order valence-corrected chi connectivity index (χ3v) is 2.73. The first-order valence-corrected chi connectivity index (χ1v) is 4.94. The molecule has 1 nitrogen and oxygen atoms in total. The topological polar surface area (TPSA) is 9.23 Å². The second-order valence-electron chi connectivity index (χ2n) is 3.29. The van der Waals surface area contributed by atoms with Crippen molar-refractivity contribution in [1.29, 1.82) is 0 Å². The molecule has 64 valence electrons. The van der Waals surface area contributed by atoms with Crippen molar-refractivity contribution in [3.05, 3.63) is 34.3 Å². The maximum atomic E-state index is 5.46. The Morgan fingerprint density at radius 3 is 2.83 bits per heavy atom. The van der Waals surface area contributed by atoms with E-state index in [1.165, 1.54) is 5.56 Å². The minimum Gasteiger partial charge on any atom is -0.373 e. The van der Waals surface area contributed by atoms with Gasteiger partial charge < -0.3 is 4.74 Å². The predicted molar refractivity (Wildman–Crippen MR) is 52.0 cm³/mol. The summed E-state index contributed by atoms with van der Waals surface area (Å²) in [6.45, 7) is 3.12. The third-order valence-electron chi connectivity index (χ3n) is 2.23. The lowest BCUT2D eigenvalue weighted by Gasteiger charge is -2.34. The van der Waals surface area contributed by atoms with Gasteiger partial charge in [0.05, 0.1) is 12.7 Å². The quantitative estimate of drug-likeness (QED) is 0.716. The van der Waals surface area contributed by atoms with Crippen LogP contribution in [-0.2, 0) is 4.74 Å². The Morgan fingerprint density at radius 2 is 2.33 bits per heavy atom. The van der Waals surface area contributed by atoms with Crippen molar-refractivity contribution >= 4 is 15.9 Å². The molecule has 0 amide bonds. The molecule has 0 saturated carbocycles. The number of hydrogen-bond donors (Lipinski definition) is 0. The van der Waals surface area contributed by atoms with Crippen molar-refractivity contribution in [2.45, 2.75) is 13.0 Å². The molecular weight excluding hydrogens is 216 g/mol. The first-order chi connectivity index (χ1) is 5.77. The molecule has 1 saturated heterocycles. The molecule has 1 aliphatic heterocycles. The van der Waals surface area contributed by atoms with Gasteiger partial charge in [0.25, 0.3) is 0 Å². The van der Waals surface area contributed by atoms with Gasteiger partial charge in [-0.3, -0.25) is 0 Å². The van der Waals surface area contributed by atoms with Crippen molar-refractivity contribution in [2.75, 3.05) is 6.61 Å². The lowest BCUT2D eigenvalue weighted by molar-refractivity contribution is -0.109. The number of halogens is 1. The maximum absolute atomic E-state index is 5.46. The highest BCUT2D eigenvalue weighted by molar-refractivity contribution is 9.10. The van der Waals surface area contributed by atoms with Gasteiger partial charge in [-0.15, -0.1) is 0 Å². The molecule has 0 aliphatic carbocycles. The highest BCUT2D eigenvalue weighted by Gasteiger charge is 2.29. The van der Waals surface area contributed by atoms with E-state index in [4.69, 9.17) is 4.74 Å². The summed E-state index contributed by atoms with van der Waals surface area (Å²) in [5.41, 5.74) is 1.28. The Labute approximate surface area is 80.9 Å². The predicted octanol–water partition coefficient (Wildman–Crippen LogP) is 3.16. The molecule has 2 rings (SSSR count). The second-order valence-corrected chi connectivity index (χ2v) is 4.20. The van der Waals surface area contributed by atoms with Crippen LogP contribution in [0.1, 0.15) is 18.6 Å². The van der Waals surface area contributed by atoms with E-state index in [9.17, 15) is 0 Å². The average Bonchev–Trinajstić information content (AvgIpc) is 2.02. The van der Waals surface area contributed by atoms with Crippen LogP contribution in [0.3, 0.4) is 0 Å². The van der Waals surface area contributed by atoms with E-state index in [1.807, 2.05) is 12.1 Å². The van der Waals surface area contributed by atoms with Crippen LogP contribution in [0.15, 0.2) is 28.7 Å². The fourth-order valence-electron chi connectivity index (χ4n) is 1.49. The van der Waals surface area contributed by atoms with E-state index in [2.05, 4.69) is 35.0 Å². The number of ether oxygens (including phenoxy) is 1. The van der Waals surface area contributed by atoms with Crippen LogP contribution >= 0.6 is 15.9 Å². The summed E-state index contributed by atoms with van der Waals surface area (Å²) in [5, 5.41) is 0. The van der Waals surface area contributed by atoms with Gasteiger partial charge in [-0.1, -0.05) is 35.0 Å². The minimum atomic E-state index is 0.322. The summed E-state index contributed by atoms with van der Waals surface area (Å²) in [7, 11) is 0. The molecule has 0 aromatic heterocycles. The molecule has 12 heavy (non-hydrogen) atoms. The Hall–Kier alpha value is -0.340. The van der Waals surface area contributed by atoms with Gasteiger partial charge in [0.1, 0.15) is 0 Å². The van der Waals surface area contributed by atoms with Crippen LogP contribution < -0.4 is 0 Å². The summed E-state index contributed by atoms with van der Waals surface area (Å²) in [5.74, 6) is 0.666. The fraction of sp³-hybridized carbons (Fsp3) is 0.400.